The molecule has 0 unspecified atom stereocenters. The Kier molecular flexibility index (Phi) is 5.16. The van der Waals surface area contributed by atoms with Crippen LogP contribution in [0.3, 0.4) is 0 Å². The monoisotopic (exact) mass is 313 g/mol. The molecule has 2 aromatic rings. The molecule has 0 aliphatic carbocycles. The third-order valence-electron chi connectivity index (χ3n) is 3.30. The highest BCUT2D eigenvalue weighted by Crippen LogP contribution is 2.23. The van der Waals surface area contributed by atoms with Crippen molar-refractivity contribution in [3.63, 3.8) is 0 Å². The molecular formula is C17H23N5O. The number of aromatic nitrogens is 2. The zero-order valence-corrected chi connectivity index (χ0v) is 14.3. The first-order chi connectivity index (χ1) is 10.9. The summed E-state index contributed by atoms with van der Waals surface area (Å²) in [5.74, 6) is 1.20. The number of benzene rings is 1. The van der Waals surface area contributed by atoms with Crippen molar-refractivity contribution in [1.29, 1.82) is 0 Å². The Morgan fingerprint density at radius 2 is 1.91 bits per heavy atom. The van der Waals surface area contributed by atoms with Gasteiger partial charge < -0.3 is 15.1 Å². The summed E-state index contributed by atoms with van der Waals surface area (Å²) in [6, 6.07) is 7.93. The van der Waals surface area contributed by atoms with Crippen LogP contribution >= 0.6 is 0 Å². The molecule has 6 heteroatoms. The van der Waals surface area contributed by atoms with E-state index in [-0.39, 0.29) is 5.91 Å². The lowest BCUT2D eigenvalue weighted by Crippen LogP contribution is -2.21. The Hall–Kier alpha value is -2.63. The van der Waals surface area contributed by atoms with E-state index in [1.165, 1.54) is 0 Å². The second-order valence-corrected chi connectivity index (χ2v) is 5.91. The summed E-state index contributed by atoms with van der Waals surface area (Å²) in [4.78, 5) is 24.7. The van der Waals surface area contributed by atoms with Crippen LogP contribution in [0.4, 0.5) is 17.5 Å². The molecule has 0 spiro atoms. The lowest BCUT2D eigenvalue weighted by Gasteiger charge is -2.19. The van der Waals surface area contributed by atoms with E-state index in [9.17, 15) is 4.79 Å². The zero-order chi connectivity index (χ0) is 17.0. The summed E-state index contributed by atoms with van der Waals surface area (Å²) in [7, 11) is 7.53. The number of nitrogens with zero attached hydrogens (tertiary/aromatic N) is 4. The molecule has 0 saturated carbocycles. The van der Waals surface area contributed by atoms with Gasteiger partial charge in [-0.3, -0.25) is 4.79 Å². The van der Waals surface area contributed by atoms with Crippen molar-refractivity contribution < 1.29 is 4.79 Å². The lowest BCUT2D eigenvalue weighted by atomic mass is 10.1. The van der Waals surface area contributed by atoms with Crippen LogP contribution in [0.1, 0.15) is 11.1 Å². The third-order valence-corrected chi connectivity index (χ3v) is 3.30. The number of hydrogen-bond acceptors (Lipinski definition) is 5. The molecule has 0 saturated heterocycles. The van der Waals surface area contributed by atoms with Crippen LogP contribution in [0.15, 0.2) is 30.5 Å². The van der Waals surface area contributed by atoms with E-state index in [0.29, 0.717) is 23.9 Å². The Bertz CT molecular complexity index is 697. The van der Waals surface area contributed by atoms with E-state index < -0.39 is 0 Å². The van der Waals surface area contributed by atoms with Crippen LogP contribution in [0.25, 0.3) is 0 Å². The van der Waals surface area contributed by atoms with Crippen molar-refractivity contribution in [2.75, 3.05) is 43.3 Å². The summed E-state index contributed by atoms with van der Waals surface area (Å²) in [5.41, 5.74) is 2.74. The average molecular weight is 313 g/mol. The van der Waals surface area contributed by atoms with Gasteiger partial charge in [-0.1, -0.05) is 29.8 Å². The Morgan fingerprint density at radius 3 is 2.52 bits per heavy atom. The van der Waals surface area contributed by atoms with Crippen molar-refractivity contribution in [3.8, 4) is 0 Å². The van der Waals surface area contributed by atoms with Crippen molar-refractivity contribution in [2.45, 2.75) is 13.3 Å². The van der Waals surface area contributed by atoms with Gasteiger partial charge in [-0.2, -0.15) is 4.98 Å². The molecule has 23 heavy (non-hydrogen) atoms. The van der Waals surface area contributed by atoms with Crippen molar-refractivity contribution in [3.05, 3.63) is 41.6 Å². The van der Waals surface area contributed by atoms with Gasteiger partial charge >= 0.3 is 0 Å². The minimum Gasteiger partial charge on any atom is -0.361 e. The van der Waals surface area contributed by atoms with Crippen LogP contribution < -0.4 is 15.1 Å². The summed E-state index contributed by atoms with van der Waals surface area (Å²) >= 11 is 0. The van der Waals surface area contributed by atoms with Gasteiger partial charge in [0, 0.05) is 28.2 Å². The number of amides is 1. The molecule has 0 aliphatic heterocycles. The van der Waals surface area contributed by atoms with Gasteiger partial charge in [-0.15, -0.1) is 0 Å². The minimum atomic E-state index is -0.0834. The van der Waals surface area contributed by atoms with E-state index in [1.54, 1.807) is 6.20 Å². The van der Waals surface area contributed by atoms with Gasteiger partial charge in [-0.05, 0) is 12.5 Å². The van der Waals surface area contributed by atoms with Crippen molar-refractivity contribution >= 4 is 23.4 Å². The first-order valence-corrected chi connectivity index (χ1v) is 7.44. The van der Waals surface area contributed by atoms with E-state index in [2.05, 4.69) is 15.3 Å². The fourth-order valence-corrected chi connectivity index (χ4v) is 2.21. The number of nitrogens with one attached hydrogen (secondary N) is 1. The van der Waals surface area contributed by atoms with Crippen molar-refractivity contribution in [2.24, 2.45) is 0 Å². The number of aryl methyl sites for hydroxylation is 1. The largest absolute Gasteiger partial charge is 0.361 e. The molecule has 1 heterocycles. The van der Waals surface area contributed by atoms with Crippen LogP contribution in [0.2, 0.25) is 0 Å². The molecule has 2 rings (SSSR count). The van der Waals surface area contributed by atoms with Crippen LogP contribution in [-0.4, -0.2) is 44.1 Å². The maximum absolute atomic E-state index is 12.3. The number of hydrogen-bond donors (Lipinski definition) is 1. The predicted molar refractivity (Wildman–Crippen MR) is 94.2 cm³/mol. The normalized spacial score (nSPS) is 10.3. The fraction of sp³-hybridized carbons (Fsp3) is 0.353. The molecule has 0 fully saturated rings. The van der Waals surface area contributed by atoms with E-state index in [1.807, 2.05) is 69.2 Å². The van der Waals surface area contributed by atoms with Gasteiger partial charge in [0.1, 0.15) is 5.69 Å². The summed E-state index contributed by atoms with van der Waals surface area (Å²) in [6.45, 7) is 2.01. The van der Waals surface area contributed by atoms with Gasteiger partial charge in [0.25, 0.3) is 0 Å². The molecule has 0 aliphatic rings. The van der Waals surface area contributed by atoms with E-state index in [0.717, 1.165) is 11.1 Å². The first-order valence-electron chi connectivity index (χ1n) is 7.44. The standard InChI is InChI=1S/C17H23N5O/c1-12-7-6-8-13(9-12)10-15(23)19-14-11-18-17(22(4)5)20-16(14)21(2)3/h6-9,11H,10H2,1-5H3,(H,19,23). The average Bonchev–Trinajstić information content (AvgIpc) is 2.47. The highest BCUT2D eigenvalue weighted by atomic mass is 16.1. The number of carbonyl (C=O) groups is 1. The number of anilines is 3. The summed E-state index contributed by atoms with van der Waals surface area (Å²) in [6.07, 6.45) is 1.97. The highest BCUT2D eigenvalue weighted by Gasteiger charge is 2.13. The molecule has 1 amide bonds. The maximum atomic E-state index is 12.3. The first kappa shape index (κ1) is 16.7. The predicted octanol–water partition coefficient (Wildman–Crippen LogP) is 2.10. The third kappa shape index (κ3) is 4.42. The second kappa shape index (κ2) is 7.09. The highest BCUT2D eigenvalue weighted by molar-refractivity contribution is 5.94. The molecule has 1 aromatic heterocycles. The van der Waals surface area contributed by atoms with Gasteiger partial charge in [-0.25, -0.2) is 4.98 Å². The molecule has 0 bridgehead atoms. The van der Waals surface area contributed by atoms with E-state index in [4.69, 9.17) is 0 Å². The maximum Gasteiger partial charge on any atom is 0.228 e. The zero-order valence-electron chi connectivity index (χ0n) is 14.3. The molecule has 0 radical (unpaired) electrons. The van der Waals surface area contributed by atoms with Crippen molar-refractivity contribution in [1.82, 2.24) is 9.97 Å². The SMILES string of the molecule is Cc1cccc(CC(=O)Nc2cnc(N(C)C)nc2N(C)C)c1. The van der Waals surface area contributed by atoms with E-state index >= 15 is 0 Å². The molecule has 0 atom stereocenters. The molecule has 1 N–H and O–H groups in total. The quantitative estimate of drug-likeness (QED) is 0.916. The number of rotatable bonds is 5. The molecule has 122 valence electrons. The molecule has 1 aromatic carbocycles. The van der Waals surface area contributed by atoms with Crippen LogP contribution in [0, 0.1) is 6.92 Å². The Balaban J connectivity index is 2.17. The lowest BCUT2D eigenvalue weighted by molar-refractivity contribution is -0.115. The van der Waals surface area contributed by atoms with Gasteiger partial charge in [0.2, 0.25) is 11.9 Å². The van der Waals surface area contributed by atoms with Crippen LogP contribution in [0.5, 0.6) is 0 Å². The topological polar surface area (TPSA) is 61.4 Å². The summed E-state index contributed by atoms with van der Waals surface area (Å²) in [5, 5.41) is 2.90. The molecule has 6 nitrogen and oxygen atoms in total. The van der Waals surface area contributed by atoms with Gasteiger partial charge in [0.05, 0.1) is 12.6 Å². The Morgan fingerprint density at radius 1 is 1.17 bits per heavy atom. The smallest absolute Gasteiger partial charge is 0.228 e. The minimum absolute atomic E-state index is 0.0834. The Labute approximate surface area is 137 Å². The fourth-order valence-electron chi connectivity index (χ4n) is 2.21. The second-order valence-electron chi connectivity index (χ2n) is 5.91. The number of carbonyl (C=O) groups excluding carboxylic acids is 1. The summed E-state index contributed by atoms with van der Waals surface area (Å²) < 4.78 is 0. The van der Waals surface area contributed by atoms with Gasteiger partial charge in [0.15, 0.2) is 5.82 Å². The molecular weight excluding hydrogens is 290 g/mol. The van der Waals surface area contributed by atoms with Crippen LogP contribution in [-0.2, 0) is 11.2 Å².